The number of ether oxygens (including phenoxy) is 2. The van der Waals surface area contributed by atoms with Gasteiger partial charge in [0.1, 0.15) is 11.1 Å². The number of pyridine rings is 1. The summed E-state index contributed by atoms with van der Waals surface area (Å²) < 4.78 is 10.8. The molecule has 0 bridgehead atoms. The third-order valence-electron chi connectivity index (χ3n) is 2.82. The molecule has 0 aromatic carbocycles. The molecule has 1 aromatic rings. The lowest BCUT2D eigenvalue weighted by atomic mass is 10.2. The number of carbonyl (C=O) groups is 2. The number of hydrogen-bond acceptors (Lipinski definition) is 5. The van der Waals surface area contributed by atoms with Crippen LogP contribution in [0.4, 0.5) is 0 Å². The second kappa shape index (κ2) is 4.64. The maximum absolute atomic E-state index is 11.9. The molecule has 0 spiro atoms. The fraction of sp³-hybridized carbons (Fsp3) is 0.417. The van der Waals surface area contributed by atoms with Gasteiger partial charge in [-0.3, -0.25) is 4.79 Å². The largest absolute Gasteiger partial charge is 0.465 e. The van der Waals surface area contributed by atoms with Crippen LogP contribution in [-0.4, -0.2) is 30.7 Å². The third kappa shape index (κ3) is 2.13. The summed E-state index contributed by atoms with van der Waals surface area (Å²) in [6.07, 6.45) is 4.78. The molecule has 6 heteroatoms. The molecule has 6 nitrogen and oxygen atoms in total. The SMILES string of the molecule is COC(=O)c1cn(C2CC2)cc(C(=O)OC)c1=O. The number of carbonyl (C=O) groups excluding carboxylic acids is 2. The summed E-state index contributed by atoms with van der Waals surface area (Å²) in [5, 5.41) is 0. The Kier molecular flexibility index (Phi) is 3.18. The zero-order valence-corrected chi connectivity index (χ0v) is 10.1. The first-order valence-electron chi connectivity index (χ1n) is 5.51. The number of nitrogens with zero attached hydrogens (tertiary/aromatic N) is 1. The van der Waals surface area contributed by atoms with Crippen molar-refractivity contribution in [3.63, 3.8) is 0 Å². The molecular formula is C12H13NO5. The first-order valence-corrected chi connectivity index (χ1v) is 5.51. The summed E-state index contributed by atoms with van der Waals surface area (Å²) in [5.74, 6) is -1.50. The molecule has 1 aromatic heterocycles. The standard InChI is InChI=1S/C12H13NO5/c1-17-11(15)8-5-13(7-3-4-7)6-9(10(8)14)12(16)18-2/h5-7H,3-4H2,1-2H3. The smallest absolute Gasteiger partial charge is 0.343 e. The maximum atomic E-state index is 11.9. The van der Waals surface area contributed by atoms with Gasteiger partial charge in [-0.05, 0) is 12.8 Å². The molecular weight excluding hydrogens is 238 g/mol. The van der Waals surface area contributed by atoms with Crippen molar-refractivity contribution < 1.29 is 19.1 Å². The first kappa shape index (κ1) is 12.3. The second-order valence-corrected chi connectivity index (χ2v) is 4.08. The molecule has 1 aliphatic rings. The van der Waals surface area contributed by atoms with E-state index in [1.54, 1.807) is 4.57 Å². The summed E-state index contributed by atoms with van der Waals surface area (Å²) in [6.45, 7) is 0. The zero-order valence-electron chi connectivity index (χ0n) is 10.1. The molecule has 1 heterocycles. The van der Waals surface area contributed by atoms with Gasteiger partial charge in [0.2, 0.25) is 5.43 Å². The van der Waals surface area contributed by atoms with Gasteiger partial charge in [-0.25, -0.2) is 9.59 Å². The van der Waals surface area contributed by atoms with Crippen LogP contribution in [0.3, 0.4) is 0 Å². The van der Waals surface area contributed by atoms with E-state index in [4.69, 9.17) is 0 Å². The highest BCUT2D eigenvalue weighted by molar-refractivity contribution is 5.94. The highest BCUT2D eigenvalue weighted by Crippen LogP contribution is 2.34. The second-order valence-electron chi connectivity index (χ2n) is 4.08. The summed E-state index contributed by atoms with van der Waals surface area (Å²) in [7, 11) is 2.38. The average Bonchev–Trinajstić information content (AvgIpc) is 3.21. The highest BCUT2D eigenvalue weighted by atomic mass is 16.5. The zero-order chi connectivity index (χ0) is 13.3. The molecule has 96 valence electrons. The van der Waals surface area contributed by atoms with E-state index < -0.39 is 17.4 Å². The number of aromatic nitrogens is 1. The van der Waals surface area contributed by atoms with Gasteiger partial charge in [-0.1, -0.05) is 0 Å². The molecule has 0 amide bonds. The normalized spacial score (nSPS) is 14.1. The van der Waals surface area contributed by atoms with Crippen LogP contribution in [0.1, 0.15) is 39.6 Å². The lowest BCUT2D eigenvalue weighted by Gasteiger charge is -2.09. The first-order chi connectivity index (χ1) is 8.58. The van der Waals surface area contributed by atoms with E-state index in [0.29, 0.717) is 0 Å². The Morgan fingerprint density at radius 2 is 1.56 bits per heavy atom. The van der Waals surface area contributed by atoms with Crippen LogP contribution in [0.5, 0.6) is 0 Å². The van der Waals surface area contributed by atoms with Gasteiger partial charge in [-0.2, -0.15) is 0 Å². The monoisotopic (exact) mass is 251 g/mol. The molecule has 1 fully saturated rings. The Morgan fingerprint density at radius 1 is 1.11 bits per heavy atom. The number of esters is 2. The summed E-state index contributed by atoms with van der Waals surface area (Å²) in [4.78, 5) is 35.0. The van der Waals surface area contributed by atoms with Crippen LogP contribution in [0.15, 0.2) is 17.2 Å². The predicted octanol–water partition coefficient (Wildman–Crippen LogP) is 0.756. The van der Waals surface area contributed by atoms with Crippen LogP contribution in [0.2, 0.25) is 0 Å². The van der Waals surface area contributed by atoms with Crippen molar-refractivity contribution in [1.82, 2.24) is 4.57 Å². The Labute approximate surface area is 103 Å². The number of hydrogen-bond donors (Lipinski definition) is 0. The van der Waals surface area contributed by atoms with E-state index in [0.717, 1.165) is 12.8 Å². The van der Waals surface area contributed by atoms with Crippen LogP contribution in [0, 0.1) is 0 Å². The van der Waals surface area contributed by atoms with Crippen LogP contribution >= 0.6 is 0 Å². The molecule has 1 aliphatic carbocycles. The minimum absolute atomic E-state index is 0.146. The van der Waals surface area contributed by atoms with Crippen molar-refractivity contribution in [1.29, 1.82) is 0 Å². The van der Waals surface area contributed by atoms with Gasteiger partial charge in [0.25, 0.3) is 0 Å². The van der Waals surface area contributed by atoms with E-state index in [2.05, 4.69) is 9.47 Å². The van der Waals surface area contributed by atoms with Gasteiger partial charge >= 0.3 is 11.9 Å². The highest BCUT2D eigenvalue weighted by Gasteiger charge is 2.27. The summed E-state index contributed by atoms with van der Waals surface area (Å²) in [5.41, 5.74) is -0.954. The Balaban J connectivity index is 2.58. The van der Waals surface area contributed by atoms with Gasteiger partial charge in [-0.15, -0.1) is 0 Å². The van der Waals surface area contributed by atoms with E-state index in [1.807, 2.05) is 0 Å². The van der Waals surface area contributed by atoms with E-state index in [-0.39, 0.29) is 17.2 Å². The van der Waals surface area contributed by atoms with E-state index in [1.165, 1.54) is 26.6 Å². The van der Waals surface area contributed by atoms with Crippen LogP contribution in [-0.2, 0) is 9.47 Å². The Morgan fingerprint density at radius 3 is 1.89 bits per heavy atom. The average molecular weight is 251 g/mol. The van der Waals surface area contributed by atoms with Crippen molar-refractivity contribution >= 4 is 11.9 Å². The molecule has 0 radical (unpaired) electrons. The molecule has 0 aliphatic heterocycles. The molecule has 0 saturated heterocycles. The third-order valence-corrected chi connectivity index (χ3v) is 2.82. The van der Waals surface area contributed by atoms with Gasteiger partial charge < -0.3 is 14.0 Å². The van der Waals surface area contributed by atoms with Crippen LogP contribution < -0.4 is 5.43 Å². The lowest BCUT2D eigenvalue weighted by Crippen LogP contribution is -2.25. The molecule has 0 unspecified atom stereocenters. The van der Waals surface area contributed by atoms with Crippen molar-refractivity contribution in [2.24, 2.45) is 0 Å². The topological polar surface area (TPSA) is 74.6 Å². The Bertz CT molecular complexity index is 516. The molecule has 0 N–H and O–H groups in total. The predicted molar refractivity (Wildman–Crippen MR) is 61.7 cm³/mol. The van der Waals surface area contributed by atoms with Crippen LogP contribution in [0.25, 0.3) is 0 Å². The number of methoxy groups -OCH3 is 2. The molecule has 18 heavy (non-hydrogen) atoms. The van der Waals surface area contributed by atoms with Crippen molar-refractivity contribution in [3.05, 3.63) is 33.7 Å². The van der Waals surface area contributed by atoms with Gasteiger partial charge in [0, 0.05) is 18.4 Å². The fourth-order valence-electron chi connectivity index (χ4n) is 1.69. The maximum Gasteiger partial charge on any atom is 0.343 e. The molecule has 1 saturated carbocycles. The minimum Gasteiger partial charge on any atom is -0.465 e. The van der Waals surface area contributed by atoms with Gasteiger partial charge in [0.05, 0.1) is 14.2 Å². The van der Waals surface area contributed by atoms with Gasteiger partial charge in [0.15, 0.2) is 0 Å². The number of rotatable bonds is 3. The Hall–Kier alpha value is -2.11. The van der Waals surface area contributed by atoms with Crippen molar-refractivity contribution in [3.8, 4) is 0 Å². The molecule has 0 atom stereocenters. The minimum atomic E-state index is -0.750. The van der Waals surface area contributed by atoms with E-state index in [9.17, 15) is 14.4 Å². The quantitative estimate of drug-likeness (QED) is 0.741. The summed E-state index contributed by atoms with van der Waals surface area (Å²) >= 11 is 0. The van der Waals surface area contributed by atoms with E-state index >= 15 is 0 Å². The van der Waals surface area contributed by atoms with Crippen molar-refractivity contribution in [2.75, 3.05) is 14.2 Å². The lowest BCUT2D eigenvalue weighted by molar-refractivity contribution is 0.0594. The summed E-state index contributed by atoms with van der Waals surface area (Å²) in [6, 6.07) is 0.234. The molecule has 2 rings (SSSR count). The van der Waals surface area contributed by atoms with Crippen molar-refractivity contribution in [2.45, 2.75) is 18.9 Å². The fourth-order valence-corrected chi connectivity index (χ4v) is 1.69.